The fourth-order valence-electron chi connectivity index (χ4n) is 1.87. The normalized spacial score (nSPS) is 26.4. The monoisotopic (exact) mass is 192 g/mol. The zero-order valence-corrected chi connectivity index (χ0v) is 8.69. The van der Waals surface area contributed by atoms with E-state index in [1.54, 1.807) is 7.11 Å². The van der Waals surface area contributed by atoms with E-state index in [1.807, 2.05) is 12.1 Å². The van der Waals surface area contributed by atoms with Gasteiger partial charge in [0.15, 0.2) is 0 Å². The molecule has 0 amide bonds. The Bertz CT molecular complexity index is 292. The molecule has 0 aromatic heterocycles. The highest BCUT2D eigenvalue weighted by Crippen LogP contribution is 2.32. The number of ether oxygens (including phenoxy) is 2. The maximum absolute atomic E-state index is 5.78. The fourth-order valence-corrected chi connectivity index (χ4v) is 1.87. The van der Waals surface area contributed by atoms with Crippen molar-refractivity contribution in [2.45, 2.75) is 32.0 Å². The van der Waals surface area contributed by atoms with Gasteiger partial charge in [0.05, 0.1) is 19.3 Å². The lowest BCUT2D eigenvalue weighted by atomic mass is 10.1. The molecule has 1 aliphatic rings. The van der Waals surface area contributed by atoms with Gasteiger partial charge in [-0.05, 0) is 37.5 Å². The summed E-state index contributed by atoms with van der Waals surface area (Å²) in [5, 5.41) is 0. The molecule has 0 saturated carbocycles. The van der Waals surface area contributed by atoms with Crippen molar-refractivity contribution in [3.63, 3.8) is 0 Å². The van der Waals surface area contributed by atoms with Crippen molar-refractivity contribution in [2.24, 2.45) is 0 Å². The Kier molecular flexibility index (Phi) is 2.73. The summed E-state index contributed by atoms with van der Waals surface area (Å²) >= 11 is 0. The zero-order chi connectivity index (χ0) is 9.97. The molecule has 0 N–H and O–H groups in total. The van der Waals surface area contributed by atoms with Gasteiger partial charge in [-0.25, -0.2) is 0 Å². The van der Waals surface area contributed by atoms with E-state index < -0.39 is 0 Å². The third-order valence-corrected chi connectivity index (χ3v) is 2.72. The molecule has 1 aromatic carbocycles. The number of hydrogen-bond acceptors (Lipinski definition) is 2. The van der Waals surface area contributed by atoms with E-state index in [0.29, 0.717) is 6.10 Å². The first-order valence-corrected chi connectivity index (χ1v) is 5.09. The molecule has 0 aliphatic carbocycles. The molecule has 2 rings (SSSR count). The van der Waals surface area contributed by atoms with Gasteiger partial charge < -0.3 is 9.47 Å². The molecule has 1 aliphatic heterocycles. The Labute approximate surface area is 84.8 Å². The largest absolute Gasteiger partial charge is 0.497 e. The summed E-state index contributed by atoms with van der Waals surface area (Å²) in [6, 6.07) is 8.15. The predicted molar refractivity (Wildman–Crippen MR) is 55.5 cm³/mol. The maximum Gasteiger partial charge on any atom is 0.118 e. The lowest BCUT2D eigenvalue weighted by molar-refractivity contribution is 0.0555. The summed E-state index contributed by atoms with van der Waals surface area (Å²) in [7, 11) is 1.68. The van der Waals surface area contributed by atoms with Crippen molar-refractivity contribution in [3.05, 3.63) is 29.8 Å². The molecule has 14 heavy (non-hydrogen) atoms. The van der Waals surface area contributed by atoms with Crippen LogP contribution >= 0.6 is 0 Å². The quantitative estimate of drug-likeness (QED) is 0.717. The molecule has 1 fully saturated rings. The van der Waals surface area contributed by atoms with Crippen molar-refractivity contribution in [2.75, 3.05) is 7.11 Å². The molecule has 1 saturated heterocycles. The molecular formula is C12H16O2. The molecule has 1 aromatic rings. The number of benzene rings is 1. The number of methoxy groups -OCH3 is 1. The van der Waals surface area contributed by atoms with Crippen LogP contribution in [-0.2, 0) is 4.74 Å². The first-order valence-electron chi connectivity index (χ1n) is 5.09. The predicted octanol–water partition coefficient (Wildman–Crippen LogP) is 2.94. The highest BCUT2D eigenvalue weighted by molar-refractivity contribution is 5.28. The van der Waals surface area contributed by atoms with E-state index in [-0.39, 0.29) is 6.10 Å². The number of rotatable bonds is 2. The summed E-state index contributed by atoms with van der Waals surface area (Å²) in [6.07, 6.45) is 2.99. The molecule has 0 unspecified atom stereocenters. The van der Waals surface area contributed by atoms with E-state index in [4.69, 9.17) is 9.47 Å². The van der Waals surface area contributed by atoms with Crippen LogP contribution in [-0.4, -0.2) is 13.2 Å². The smallest absolute Gasteiger partial charge is 0.118 e. The third kappa shape index (κ3) is 1.90. The van der Waals surface area contributed by atoms with Crippen molar-refractivity contribution in [1.29, 1.82) is 0 Å². The minimum absolute atomic E-state index is 0.288. The molecule has 2 nitrogen and oxygen atoms in total. The van der Waals surface area contributed by atoms with Crippen LogP contribution in [0.25, 0.3) is 0 Å². The Hall–Kier alpha value is -1.02. The third-order valence-electron chi connectivity index (χ3n) is 2.72. The minimum Gasteiger partial charge on any atom is -0.497 e. The van der Waals surface area contributed by atoms with Gasteiger partial charge in [-0.15, -0.1) is 0 Å². The first-order chi connectivity index (χ1) is 6.79. The van der Waals surface area contributed by atoms with Crippen molar-refractivity contribution < 1.29 is 9.47 Å². The Morgan fingerprint density at radius 2 is 1.93 bits per heavy atom. The summed E-state index contributed by atoms with van der Waals surface area (Å²) in [4.78, 5) is 0. The van der Waals surface area contributed by atoms with Gasteiger partial charge in [0, 0.05) is 0 Å². The Balaban J connectivity index is 2.09. The molecule has 0 bridgehead atoms. The number of hydrogen-bond donors (Lipinski definition) is 0. The first kappa shape index (κ1) is 9.53. The summed E-state index contributed by atoms with van der Waals surface area (Å²) < 4.78 is 10.9. The topological polar surface area (TPSA) is 18.5 Å². The van der Waals surface area contributed by atoms with Gasteiger partial charge >= 0.3 is 0 Å². The van der Waals surface area contributed by atoms with E-state index in [0.717, 1.165) is 18.6 Å². The van der Waals surface area contributed by atoms with Crippen LogP contribution < -0.4 is 4.74 Å². The fraction of sp³-hybridized carbons (Fsp3) is 0.500. The molecule has 2 heteroatoms. The summed E-state index contributed by atoms with van der Waals surface area (Å²) in [5.41, 5.74) is 1.26. The SMILES string of the molecule is COc1ccc([C@@H]2CC[C@@H](C)O2)cc1. The summed E-state index contributed by atoms with van der Waals surface area (Å²) in [5.74, 6) is 0.903. The molecule has 76 valence electrons. The van der Waals surface area contributed by atoms with Gasteiger partial charge in [-0.3, -0.25) is 0 Å². The maximum atomic E-state index is 5.78. The van der Waals surface area contributed by atoms with Crippen LogP contribution in [0.4, 0.5) is 0 Å². The van der Waals surface area contributed by atoms with E-state index in [2.05, 4.69) is 19.1 Å². The Morgan fingerprint density at radius 1 is 1.21 bits per heavy atom. The standard InChI is InChI=1S/C12H16O2/c1-9-3-8-12(14-9)10-4-6-11(13-2)7-5-10/h4-7,9,12H,3,8H2,1-2H3/t9-,12+/m1/s1. The van der Waals surface area contributed by atoms with E-state index in [9.17, 15) is 0 Å². The molecule has 0 radical (unpaired) electrons. The van der Waals surface area contributed by atoms with Crippen LogP contribution in [0.3, 0.4) is 0 Å². The average molecular weight is 192 g/mol. The second-order valence-electron chi connectivity index (χ2n) is 3.79. The van der Waals surface area contributed by atoms with Gasteiger partial charge in [0.2, 0.25) is 0 Å². The van der Waals surface area contributed by atoms with Crippen molar-refractivity contribution >= 4 is 0 Å². The zero-order valence-electron chi connectivity index (χ0n) is 8.69. The van der Waals surface area contributed by atoms with Crippen LogP contribution in [0.2, 0.25) is 0 Å². The summed E-state index contributed by atoms with van der Waals surface area (Å²) in [6.45, 7) is 2.13. The molecule has 2 atom stereocenters. The molecular weight excluding hydrogens is 176 g/mol. The van der Waals surface area contributed by atoms with Crippen molar-refractivity contribution in [1.82, 2.24) is 0 Å². The van der Waals surface area contributed by atoms with E-state index in [1.165, 1.54) is 5.56 Å². The second-order valence-corrected chi connectivity index (χ2v) is 3.79. The molecule has 1 heterocycles. The Morgan fingerprint density at radius 3 is 2.43 bits per heavy atom. The lowest BCUT2D eigenvalue weighted by Gasteiger charge is -2.11. The highest BCUT2D eigenvalue weighted by Gasteiger charge is 2.22. The van der Waals surface area contributed by atoms with Crippen LogP contribution in [0.5, 0.6) is 5.75 Å². The minimum atomic E-state index is 0.288. The van der Waals surface area contributed by atoms with Crippen LogP contribution in [0.1, 0.15) is 31.4 Å². The highest BCUT2D eigenvalue weighted by atomic mass is 16.5. The lowest BCUT2D eigenvalue weighted by Crippen LogP contribution is -2.00. The second kappa shape index (κ2) is 4.01. The van der Waals surface area contributed by atoms with Crippen LogP contribution in [0.15, 0.2) is 24.3 Å². The van der Waals surface area contributed by atoms with Gasteiger partial charge in [0.1, 0.15) is 5.75 Å². The molecule has 0 spiro atoms. The van der Waals surface area contributed by atoms with Crippen molar-refractivity contribution in [3.8, 4) is 5.75 Å². The average Bonchev–Trinajstić information content (AvgIpc) is 2.65. The van der Waals surface area contributed by atoms with Crippen LogP contribution in [0, 0.1) is 0 Å². The van der Waals surface area contributed by atoms with Gasteiger partial charge in [-0.2, -0.15) is 0 Å². The van der Waals surface area contributed by atoms with Gasteiger partial charge in [-0.1, -0.05) is 12.1 Å². The van der Waals surface area contributed by atoms with E-state index >= 15 is 0 Å². The van der Waals surface area contributed by atoms with Gasteiger partial charge in [0.25, 0.3) is 0 Å².